The van der Waals surface area contributed by atoms with E-state index in [0.717, 1.165) is 5.56 Å². The fourth-order valence-corrected chi connectivity index (χ4v) is 1.50. The van der Waals surface area contributed by atoms with Crippen LogP contribution in [-0.2, 0) is 7.05 Å². The molecule has 6 heteroatoms. The molecular weight excluding hydrogens is 206 g/mol. The molecule has 0 unspecified atom stereocenters. The monoisotopic (exact) mass is 219 g/mol. The van der Waals surface area contributed by atoms with Gasteiger partial charge in [0.2, 0.25) is 0 Å². The lowest BCUT2D eigenvalue weighted by atomic mass is 10.1. The van der Waals surface area contributed by atoms with Gasteiger partial charge >= 0.3 is 0 Å². The second-order valence-electron chi connectivity index (χ2n) is 3.28. The largest absolute Gasteiger partial charge is 0.493 e. The third-order valence-electron chi connectivity index (χ3n) is 2.20. The molecule has 0 atom stereocenters. The molecule has 1 heterocycles. The van der Waals surface area contributed by atoms with E-state index in [1.54, 1.807) is 17.8 Å². The first-order valence-electron chi connectivity index (χ1n) is 4.98. The van der Waals surface area contributed by atoms with Crippen LogP contribution in [0, 0.1) is 0 Å². The van der Waals surface area contributed by atoms with E-state index >= 15 is 0 Å². The van der Waals surface area contributed by atoms with Crippen molar-refractivity contribution < 1.29 is 4.74 Å². The van der Waals surface area contributed by atoms with Crippen molar-refractivity contribution in [3.8, 4) is 17.1 Å². The van der Waals surface area contributed by atoms with E-state index in [0.29, 0.717) is 23.9 Å². The van der Waals surface area contributed by atoms with E-state index < -0.39 is 0 Å². The lowest BCUT2D eigenvalue weighted by Gasteiger charge is -2.10. The van der Waals surface area contributed by atoms with Gasteiger partial charge in [0.25, 0.3) is 0 Å². The Kier molecular flexibility index (Phi) is 2.72. The van der Waals surface area contributed by atoms with Crippen LogP contribution in [-0.4, -0.2) is 26.8 Å². The molecule has 0 amide bonds. The molecule has 0 spiro atoms. The Labute approximate surface area is 93.0 Å². The number of rotatable bonds is 3. The lowest BCUT2D eigenvalue weighted by Crippen LogP contribution is -2.02. The van der Waals surface area contributed by atoms with Gasteiger partial charge in [0.1, 0.15) is 5.75 Å². The zero-order chi connectivity index (χ0) is 11.5. The number of aryl methyl sites for hydroxylation is 1. The summed E-state index contributed by atoms with van der Waals surface area (Å²) in [5, 5.41) is 11.3. The number of nitrogen functional groups attached to an aromatic ring is 1. The molecule has 0 aliphatic carbocycles. The van der Waals surface area contributed by atoms with E-state index in [-0.39, 0.29) is 0 Å². The van der Waals surface area contributed by atoms with Crippen molar-refractivity contribution in [1.82, 2.24) is 20.2 Å². The zero-order valence-corrected chi connectivity index (χ0v) is 9.21. The molecule has 2 aromatic rings. The molecule has 0 aliphatic heterocycles. The summed E-state index contributed by atoms with van der Waals surface area (Å²) in [6.07, 6.45) is 0. The van der Waals surface area contributed by atoms with Gasteiger partial charge in [-0.25, -0.2) is 4.68 Å². The maximum atomic E-state index is 5.92. The van der Waals surface area contributed by atoms with Crippen LogP contribution in [0.15, 0.2) is 18.2 Å². The third-order valence-corrected chi connectivity index (χ3v) is 2.20. The van der Waals surface area contributed by atoms with Crippen molar-refractivity contribution in [3.63, 3.8) is 0 Å². The third kappa shape index (κ3) is 1.69. The number of benzene rings is 1. The summed E-state index contributed by atoms with van der Waals surface area (Å²) in [6, 6.07) is 5.49. The normalized spacial score (nSPS) is 10.4. The zero-order valence-electron chi connectivity index (χ0n) is 9.21. The van der Waals surface area contributed by atoms with Crippen molar-refractivity contribution in [3.05, 3.63) is 18.2 Å². The van der Waals surface area contributed by atoms with Gasteiger partial charge in [-0.05, 0) is 29.5 Å². The summed E-state index contributed by atoms with van der Waals surface area (Å²) in [6.45, 7) is 2.49. The Morgan fingerprint density at radius 1 is 1.44 bits per heavy atom. The van der Waals surface area contributed by atoms with Crippen LogP contribution in [0.4, 0.5) is 5.69 Å². The van der Waals surface area contributed by atoms with Crippen LogP contribution < -0.4 is 10.5 Å². The molecule has 0 saturated heterocycles. The number of aromatic nitrogens is 4. The SMILES string of the molecule is CCOc1cccc(N)c1-c1nnnn1C. The molecule has 2 rings (SSSR count). The minimum absolute atomic E-state index is 0.571. The molecular formula is C10H13N5O. The fourth-order valence-electron chi connectivity index (χ4n) is 1.50. The van der Waals surface area contributed by atoms with Gasteiger partial charge in [0.15, 0.2) is 5.82 Å². The van der Waals surface area contributed by atoms with Crippen LogP contribution in [0.3, 0.4) is 0 Å². The topological polar surface area (TPSA) is 78.8 Å². The Morgan fingerprint density at radius 2 is 2.25 bits per heavy atom. The molecule has 0 radical (unpaired) electrons. The summed E-state index contributed by atoms with van der Waals surface area (Å²) in [7, 11) is 1.76. The van der Waals surface area contributed by atoms with Crippen molar-refractivity contribution in [2.45, 2.75) is 6.92 Å². The predicted molar refractivity (Wildman–Crippen MR) is 59.8 cm³/mol. The standard InChI is InChI=1S/C10H13N5O/c1-3-16-8-6-4-5-7(11)9(8)10-12-13-14-15(10)2/h4-6H,3,11H2,1-2H3. The van der Waals surface area contributed by atoms with Crippen molar-refractivity contribution in [1.29, 1.82) is 0 Å². The minimum atomic E-state index is 0.571. The summed E-state index contributed by atoms with van der Waals surface area (Å²) in [5.74, 6) is 1.29. The Hall–Kier alpha value is -2.11. The number of ether oxygens (including phenoxy) is 1. The number of tetrazole rings is 1. The van der Waals surface area contributed by atoms with E-state index in [1.807, 2.05) is 19.1 Å². The average molecular weight is 219 g/mol. The minimum Gasteiger partial charge on any atom is -0.493 e. The number of nitrogens with two attached hydrogens (primary N) is 1. The smallest absolute Gasteiger partial charge is 0.187 e. The predicted octanol–water partition coefficient (Wildman–Crippen LogP) is 0.858. The molecule has 2 N–H and O–H groups in total. The molecule has 0 aliphatic rings. The summed E-state index contributed by atoms with van der Waals surface area (Å²) >= 11 is 0. The quantitative estimate of drug-likeness (QED) is 0.774. The van der Waals surface area contributed by atoms with Gasteiger partial charge in [0, 0.05) is 12.7 Å². The van der Waals surface area contributed by atoms with Gasteiger partial charge in [-0.1, -0.05) is 6.07 Å². The number of nitrogens with zero attached hydrogens (tertiary/aromatic N) is 4. The van der Waals surface area contributed by atoms with Crippen LogP contribution in [0.2, 0.25) is 0 Å². The number of hydrogen-bond donors (Lipinski definition) is 1. The van der Waals surface area contributed by atoms with E-state index in [1.165, 1.54) is 0 Å². The number of hydrogen-bond acceptors (Lipinski definition) is 5. The molecule has 84 valence electrons. The highest BCUT2D eigenvalue weighted by atomic mass is 16.5. The lowest BCUT2D eigenvalue weighted by molar-refractivity contribution is 0.341. The summed E-state index contributed by atoms with van der Waals surface area (Å²) < 4.78 is 7.07. The van der Waals surface area contributed by atoms with Crippen molar-refractivity contribution in [2.75, 3.05) is 12.3 Å². The van der Waals surface area contributed by atoms with E-state index in [9.17, 15) is 0 Å². The second kappa shape index (κ2) is 4.18. The maximum absolute atomic E-state index is 5.92. The van der Waals surface area contributed by atoms with Gasteiger partial charge in [-0.15, -0.1) is 5.10 Å². The number of anilines is 1. The Morgan fingerprint density at radius 3 is 2.88 bits per heavy atom. The highest BCUT2D eigenvalue weighted by molar-refractivity contribution is 5.77. The first-order valence-corrected chi connectivity index (χ1v) is 4.98. The molecule has 0 fully saturated rings. The van der Waals surface area contributed by atoms with Crippen LogP contribution in [0.1, 0.15) is 6.92 Å². The van der Waals surface area contributed by atoms with E-state index in [4.69, 9.17) is 10.5 Å². The van der Waals surface area contributed by atoms with Crippen LogP contribution >= 0.6 is 0 Å². The first-order chi connectivity index (χ1) is 7.74. The van der Waals surface area contributed by atoms with Gasteiger partial charge in [0.05, 0.1) is 12.2 Å². The van der Waals surface area contributed by atoms with Crippen LogP contribution in [0.25, 0.3) is 11.4 Å². The van der Waals surface area contributed by atoms with Crippen LogP contribution in [0.5, 0.6) is 5.75 Å². The molecule has 16 heavy (non-hydrogen) atoms. The Balaban J connectivity index is 2.58. The van der Waals surface area contributed by atoms with Crippen molar-refractivity contribution in [2.24, 2.45) is 7.05 Å². The molecule has 1 aromatic carbocycles. The highest BCUT2D eigenvalue weighted by Crippen LogP contribution is 2.33. The second-order valence-corrected chi connectivity index (χ2v) is 3.28. The highest BCUT2D eigenvalue weighted by Gasteiger charge is 2.15. The first kappa shape index (κ1) is 10.4. The van der Waals surface area contributed by atoms with Gasteiger partial charge < -0.3 is 10.5 Å². The van der Waals surface area contributed by atoms with Gasteiger partial charge in [-0.3, -0.25) is 0 Å². The van der Waals surface area contributed by atoms with E-state index in [2.05, 4.69) is 15.5 Å². The van der Waals surface area contributed by atoms with Gasteiger partial charge in [-0.2, -0.15) is 0 Å². The maximum Gasteiger partial charge on any atom is 0.187 e. The molecule has 6 nitrogen and oxygen atoms in total. The summed E-state index contributed by atoms with van der Waals surface area (Å²) in [4.78, 5) is 0. The molecule has 0 saturated carbocycles. The fraction of sp³-hybridized carbons (Fsp3) is 0.300. The summed E-state index contributed by atoms with van der Waals surface area (Å²) in [5.41, 5.74) is 7.26. The Bertz CT molecular complexity index is 494. The average Bonchev–Trinajstić information content (AvgIpc) is 2.65. The molecule has 0 bridgehead atoms. The molecule has 1 aromatic heterocycles. The van der Waals surface area contributed by atoms with Crippen molar-refractivity contribution >= 4 is 5.69 Å².